The number of aromatic nitrogens is 1. The maximum atomic E-state index is 11.0. The molecule has 0 amide bonds. The molecule has 0 saturated carbocycles. The fraction of sp³-hybridized carbons (Fsp3) is 0.0833. The average molecular weight is 280 g/mol. The van der Waals surface area contributed by atoms with Crippen LogP contribution in [-0.2, 0) is 0 Å². The summed E-state index contributed by atoms with van der Waals surface area (Å²) in [5, 5.41) is 9.03. The molecule has 0 aliphatic heterocycles. The lowest BCUT2D eigenvalue weighted by molar-refractivity contribution is 0.0688. The number of nitrogens with zero attached hydrogens (tertiary/aromatic N) is 1. The van der Waals surface area contributed by atoms with E-state index in [1.165, 1.54) is 0 Å². The SMILES string of the molecule is Cc1cc(Br)ccc1-n1cccc1C(=O)O. The Labute approximate surface area is 101 Å². The topological polar surface area (TPSA) is 42.2 Å². The standard InChI is InChI=1S/C12H10BrNO2/c1-8-7-9(13)4-5-10(8)14-6-2-3-11(14)12(15)16/h2-7H,1H3,(H,15,16). The molecule has 2 rings (SSSR count). The normalized spacial score (nSPS) is 10.4. The fourth-order valence-electron chi connectivity index (χ4n) is 1.65. The first-order valence-electron chi connectivity index (χ1n) is 4.77. The molecule has 1 aromatic carbocycles. The number of carbonyl (C=O) groups is 1. The first-order chi connectivity index (χ1) is 7.59. The Hall–Kier alpha value is -1.55. The van der Waals surface area contributed by atoms with Crippen molar-refractivity contribution in [3.8, 4) is 5.69 Å². The van der Waals surface area contributed by atoms with Gasteiger partial charge in [-0.25, -0.2) is 4.79 Å². The van der Waals surface area contributed by atoms with Crippen LogP contribution in [0.4, 0.5) is 0 Å². The maximum Gasteiger partial charge on any atom is 0.352 e. The van der Waals surface area contributed by atoms with Gasteiger partial charge in [0.2, 0.25) is 0 Å². The predicted molar refractivity (Wildman–Crippen MR) is 65.2 cm³/mol. The lowest BCUT2D eigenvalue weighted by Crippen LogP contribution is -2.06. The number of halogens is 1. The second-order valence-corrected chi connectivity index (χ2v) is 4.42. The molecule has 0 radical (unpaired) electrons. The second-order valence-electron chi connectivity index (χ2n) is 3.50. The third kappa shape index (κ3) is 1.88. The van der Waals surface area contributed by atoms with Crippen LogP contribution >= 0.6 is 15.9 Å². The molecule has 0 aliphatic carbocycles. The van der Waals surface area contributed by atoms with Gasteiger partial charge in [-0.3, -0.25) is 0 Å². The zero-order valence-electron chi connectivity index (χ0n) is 8.64. The highest BCUT2D eigenvalue weighted by atomic mass is 79.9. The summed E-state index contributed by atoms with van der Waals surface area (Å²) >= 11 is 3.38. The molecule has 0 spiro atoms. The Morgan fingerprint density at radius 3 is 2.75 bits per heavy atom. The Morgan fingerprint density at radius 1 is 1.38 bits per heavy atom. The number of hydrogen-bond donors (Lipinski definition) is 1. The zero-order valence-corrected chi connectivity index (χ0v) is 10.2. The maximum absolute atomic E-state index is 11.0. The van der Waals surface area contributed by atoms with E-state index in [4.69, 9.17) is 5.11 Å². The minimum Gasteiger partial charge on any atom is -0.477 e. The summed E-state index contributed by atoms with van der Waals surface area (Å²) in [6.07, 6.45) is 1.75. The van der Waals surface area contributed by atoms with Crippen molar-refractivity contribution in [2.45, 2.75) is 6.92 Å². The van der Waals surface area contributed by atoms with Crippen LogP contribution in [0, 0.1) is 6.92 Å². The van der Waals surface area contributed by atoms with Crippen LogP contribution in [0.2, 0.25) is 0 Å². The lowest BCUT2D eigenvalue weighted by Gasteiger charge is -2.09. The summed E-state index contributed by atoms with van der Waals surface area (Å²) in [7, 11) is 0. The van der Waals surface area contributed by atoms with Gasteiger partial charge < -0.3 is 9.67 Å². The first-order valence-corrected chi connectivity index (χ1v) is 5.56. The van der Waals surface area contributed by atoms with Crippen LogP contribution in [0.25, 0.3) is 5.69 Å². The van der Waals surface area contributed by atoms with Crippen molar-refractivity contribution in [2.24, 2.45) is 0 Å². The van der Waals surface area contributed by atoms with Gasteiger partial charge in [-0.1, -0.05) is 15.9 Å². The quantitative estimate of drug-likeness (QED) is 0.917. The van der Waals surface area contributed by atoms with E-state index in [9.17, 15) is 4.79 Å². The molecule has 4 heteroatoms. The molecule has 0 bridgehead atoms. The number of benzene rings is 1. The van der Waals surface area contributed by atoms with E-state index >= 15 is 0 Å². The fourth-order valence-corrected chi connectivity index (χ4v) is 2.13. The lowest BCUT2D eigenvalue weighted by atomic mass is 10.2. The van der Waals surface area contributed by atoms with Crippen molar-refractivity contribution in [3.63, 3.8) is 0 Å². The van der Waals surface area contributed by atoms with Gasteiger partial charge in [0, 0.05) is 16.4 Å². The third-order valence-corrected chi connectivity index (χ3v) is 2.88. The van der Waals surface area contributed by atoms with Crippen LogP contribution in [0.15, 0.2) is 41.0 Å². The van der Waals surface area contributed by atoms with Gasteiger partial charge in [0.05, 0.1) is 0 Å². The molecule has 82 valence electrons. The van der Waals surface area contributed by atoms with E-state index in [-0.39, 0.29) is 5.69 Å². The molecule has 1 heterocycles. The van der Waals surface area contributed by atoms with Crippen molar-refractivity contribution in [1.82, 2.24) is 4.57 Å². The van der Waals surface area contributed by atoms with Gasteiger partial charge in [-0.05, 0) is 42.8 Å². The molecule has 3 nitrogen and oxygen atoms in total. The van der Waals surface area contributed by atoms with Crippen LogP contribution in [0.3, 0.4) is 0 Å². The highest BCUT2D eigenvalue weighted by molar-refractivity contribution is 9.10. The molecule has 16 heavy (non-hydrogen) atoms. The molecular weight excluding hydrogens is 270 g/mol. The second kappa shape index (κ2) is 4.14. The summed E-state index contributed by atoms with van der Waals surface area (Å²) in [6, 6.07) is 9.07. The van der Waals surface area contributed by atoms with Crippen molar-refractivity contribution in [3.05, 3.63) is 52.3 Å². The molecule has 0 atom stereocenters. The van der Waals surface area contributed by atoms with Crippen molar-refractivity contribution in [1.29, 1.82) is 0 Å². The number of rotatable bonds is 2. The Morgan fingerprint density at radius 2 is 2.12 bits per heavy atom. The Kier molecular flexibility index (Phi) is 2.83. The van der Waals surface area contributed by atoms with Crippen molar-refractivity contribution in [2.75, 3.05) is 0 Å². The van der Waals surface area contributed by atoms with Gasteiger partial charge in [-0.2, -0.15) is 0 Å². The van der Waals surface area contributed by atoms with Crippen LogP contribution in [0.5, 0.6) is 0 Å². The molecule has 1 N–H and O–H groups in total. The minimum absolute atomic E-state index is 0.269. The first kappa shape index (κ1) is 11.0. The van der Waals surface area contributed by atoms with E-state index < -0.39 is 5.97 Å². The monoisotopic (exact) mass is 279 g/mol. The van der Waals surface area contributed by atoms with E-state index in [0.29, 0.717) is 0 Å². The predicted octanol–water partition coefficient (Wildman–Crippen LogP) is 3.25. The smallest absolute Gasteiger partial charge is 0.352 e. The van der Waals surface area contributed by atoms with Crippen LogP contribution in [-0.4, -0.2) is 15.6 Å². The van der Waals surface area contributed by atoms with E-state index in [1.807, 2.05) is 25.1 Å². The highest BCUT2D eigenvalue weighted by Crippen LogP contribution is 2.21. The number of carboxylic acid groups (broad SMARTS) is 1. The number of aromatic carboxylic acids is 1. The summed E-state index contributed by atoms with van der Waals surface area (Å²) in [4.78, 5) is 11.0. The number of hydrogen-bond acceptors (Lipinski definition) is 1. The number of carboxylic acids is 1. The third-order valence-electron chi connectivity index (χ3n) is 2.39. The molecule has 0 aliphatic rings. The average Bonchev–Trinajstić information content (AvgIpc) is 2.66. The minimum atomic E-state index is -0.924. The van der Waals surface area contributed by atoms with Gasteiger partial charge in [0.25, 0.3) is 0 Å². The highest BCUT2D eigenvalue weighted by Gasteiger charge is 2.11. The van der Waals surface area contributed by atoms with E-state index in [0.717, 1.165) is 15.7 Å². The summed E-state index contributed by atoms with van der Waals surface area (Å²) in [5.41, 5.74) is 2.17. The van der Waals surface area contributed by atoms with Crippen LogP contribution < -0.4 is 0 Å². The van der Waals surface area contributed by atoms with Gasteiger partial charge in [-0.15, -0.1) is 0 Å². The van der Waals surface area contributed by atoms with Gasteiger partial charge >= 0.3 is 5.97 Å². The zero-order chi connectivity index (χ0) is 11.7. The summed E-state index contributed by atoms with van der Waals surface area (Å²) in [5.74, 6) is -0.924. The Bertz CT molecular complexity index is 546. The van der Waals surface area contributed by atoms with Crippen molar-refractivity contribution >= 4 is 21.9 Å². The summed E-state index contributed by atoms with van der Waals surface area (Å²) in [6.45, 7) is 1.95. The molecule has 0 fully saturated rings. The molecule has 0 unspecified atom stereocenters. The van der Waals surface area contributed by atoms with E-state index in [1.54, 1.807) is 22.9 Å². The van der Waals surface area contributed by atoms with Crippen molar-refractivity contribution < 1.29 is 9.90 Å². The van der Waals surface area contributed by atoms with Gasteiger partial charge in [0.1, 0.15) is 5.69 Å². The number of aryl methyl sites for hydroxylation is 1. The molecule has 2 aromatic rings. The largest absolute Gasteiger partial charge is 0.477 e. The Balaban J connectivity index is 2.59. The summed E-state index contributed by atoms with van der Waals surface area (Å²) < 4.78 is 2.65. The van der Waals surface area contributed by atoms with E-state index in [2.05, 4.69) is 15.9 Å². The molecule has 0 saturated heterocycles. The van der Waals surface area contributed by atoms with Gasteiger partial charge in [0.15, 0.2) is 0 Å². The van der Waals surface area contributed by atoms with Crippen LogP contribution in [0.1, 0.15) is 16.1 Å². The molecule has 1 aromatic heterocycles. The molecular formula is C12H10BrNO2.